The van der Waals surface area contributed by atoms with Crippen molar-refractivity contribution in [2.75, 3.05) is 12.9 Å². The van der Waals surface area contributed by atoms with Crippen LogP contribution in [0.4, 0.5) is 0 Å². The Balaban J connectivity index is 1.58. The molecular weight excluding hydrogens is 336 g/mol. The predicted octanol–water partition coefficient (Wildman–Crippen LogP) is 3.15. The molecule has 1 atom stereocenters. The number of hydrogen-bond acceptors (Lipinski definition) is 5. The van der Waals surface area contributed by atoms with Crippen LogP contribution in [0.5, 0.6) is 0 Å². The van der Waals surface area contributed by atoms with Crippen LogP contribution < -0.4 is 5.32 Å². The second-order valence-corrected chi connectivity index (χ2v) is 6.64. The number of rotatable bonds is 5. The molecule has 3 rings (SSSR count). The van der Waals surface area contributed by atoms with Crippen molar-refractivity contribution in [1.82, 2.24) is 10.3 Å². The van der Waals surface area contributed by atoms with E-state index < -0.39 is 5.97 Å². The van der Waals surface area contributed by atoms with Crippen LogP contribution in [-0.2, 0) is 16.0 Å². The highest BCUT2D eigenvalue weighted by atomic mass is 32.2. The van der Waals surface area contributed by atoms with Crippen LogP contribution >= 0.6 is 11.8 Å². The number of benzene rings is 1. The van der Waals surface area contributed by atoms with E-state index in [1.54, 1.807) is 18.3 Å². The van der Waals surface area contributed by atoms with Gasteiger partial charge in [-0.1, -0.05) is 24.3 Å². The summed E-state index contributed by atoms with van der Waals surface area (Å²) in [6, 6.07) is 11.5. The molecule has 0 spiro atoms. The lowest BCUT2D eigenvalue weighted by atomic mass is 9.88. The Morgan fingerprint density at radius 1 is 1.28 bits per heavy atom. The summed E-state index contributed by atoms with van der Waals surface area (Å²) in [5, 5.41) is 3.57. The zero-order chi connectivity index (χ0) is 17.6. The van der Waals surface area contributed by atoms with Crippen molar-refractivity contribution in [3.8, 4) is 0 Å². The fourth-order valence-corrected chi connectivity index (χ4v) is 3.60. The first-order chi connectivity index (χ1) is 12.2. The van der Waals surface area contributed by atoms with Gasteiger partial charge in [0.15, 0.2) is 6.61 Å². The number of hydrogen-bond donors (Lipinski definition) is 1. The minimum absolute atomic E-state index is 0.0173. The first kappa shape index (κ1) is 17.5. The molecule has 2 aromatic rings. The molecule has 1 aromatic carbocycles. The van der Waals surface area contributed by atoms with Crippen molar-refractivity contribution < 1.29 is 14.3 Å². The van der Waals surface area contributed by atoms with E-state index in [1.165, 1.54) is 17.3 Å². The van der Waals surface area contributed by atoms with Crippen molar-refractivity contribution in [3.63, 3.8) is 0 Å². The van der Waals surface area contributed by atoms with E-state index in [0.29, 0.717) is 10.6 Å². The van der Waals surface area contributed by atoms with Gasteiger partial charge in [0.1, 0.15) is 5.03 Å². The van der Waals surface area contributed by atoms with E-state index in [9.17, 15) is 9.59 Å². The molecule has 1 N–H and O–H groups in total. The molecule has 0 saturated heterocycles. The summed E-state index contributed by atoms with van der Waals surface area (Å²) in [5.74, 6) is -0.818. The summed E-state index contributed by atoms with van der Waals surface area (Å²) >= 11 is 1.37. The Morgan fingerprint density at radius 3 is 2.96 bits per heavy atom. The average molecular weight is 356 g/mol. The van der Waals surface area contributed by atoms with E-state index in [1.807, 2.05) is 24.5 Å². The van der Waals surface area contributed by atoms with Gasteiger partial charge in [0.25, 0.3) is 5.91 Å². The van der Waals surface area contributed by atoms with Crippen LogP contribution in [0.3, 0.4) is 0 Å². The minimum Gasteiger partial charge on any atom is -0.452 e. The van der Waals surface area contributed by atoms with E-state index in [4.69, 9.17) is 4.74 Å². The molecule has 0 radical (unpaired) electrons. The fourth-order valence-electron chi connectivity index (χ4n) is 3.06. The van der Waals surface area contributed by atoms with E-state index in [-0.39, 0.29) is 18.6 Å². The first-order valence-electron chi connectivity index (χ1n) is 8.22. The molecule has 1 aliphatic carbocycles. The highest BCUT2D eigenvalue weighted by Crippen LogP contribution is 2.29. The van der Waals surface area contributed by atoms with E-state index in [0.717, 1.165) is 24.8 Å². The van der Waals surface area contributed by atoms with Gasteiger partial charge in [-0.15, -0.1) is 11.8 Å². The van der Waals surface area contributed by atoms with Crippen LogP contribution in [0.25, 0.3) is 0 Å². The van der Waals surface area contributed by atoms with Crippen molar-refractivity contribution >= 4 is 23.6 Å². The zero-order valence-corrected chi connectivity index (χ0v) is 14.8. The maximum absolute atomic E-state index is 12.2. The number of ether oxygens (including phenoxy) is 1. The fraction of sp³-hybridized carbons (Fsp3) is 0.316. The van der Waals surface area contributed by atoms with Gasteiger partial charge in [-0.3, -0.25) is 4.79 Å². The average Bonchev–Trinajstić information content (AvgIpc) is 2.66. The van der Waals surface area contributed by atoms with Crippen molar-refractivity contribution in [2.24, 2.45) is 0 Å². The zero-order valence-electron chi connectivity index (χ0n) is 14.0. The molecule has 1 heterocycles. The molecule has 6 heteroatoms. The molecule has 0 aliphatic heterocycles. The lowest BCUT2D eigenvalue weighted by Gasteiger charge is -2.26. The van der Waals surface area contributed by atoms with Gasteiger partial charge in [-0.2, -0.15) is 0 Å². The maximum Gasteiger partial charge on any atom is 0.341 e. The standard InChI is InChI=1S/C19H20N2O3S/c1-25-18-15(9-5-11-20-18)19(23)24-12-17(22)21-16-10-4-7-13-6-2-3-8-14(13)16/h2-3,5-6,8-9,11,16H,4,7,10,12H2,1H3,(H,21,22)/t16-/m1/s1. The number of thioether (sulfide) groups is 1. The predicted molar refractivity (Wildman–Crippen MR) is 96.6 cm³/mol. The molecule has 1 aliphatic rings. The van der Waals surface area contributed by atoms with Gasteiger partial charge in [0.05, 0.1) is 11.6 Å². The second-order valence-electron chi connectivity index (χ2n) is 5.85. The third kappa shape index (κ3) is 4.20. The third-order valence-corrected chi connectivity index (χ3v) is 4.94. The molecule has 0 bridgehead atoms. The number of fused-ring (bicyclic) bond motifs is 1. The number of nitrogens with zero attached hydrogens (tertiary/aromatic N) is 1. The van der Waals surface area contributed by atoms with Crippen LogP contribution in [0.2, 0.25) is 0 Å². The number of amides is 1. The minimum atomic E-state index is -0.531. The number of carbonyl (C=O) groups excluding carboxylic acids is 2. The van der Waals surface area contributed by atoms with Crippen LogP contribution in [-0.4, -0.2) is 29.7 Å². The number of carbonyl (C=O) groups is 2. The normalized spacial score (nSPS) is 16.0. The lowest BCUT2D eigenvalue weighted by Crippen LogP contribution is -2.34. The molecule has 0 saturated carbocycles. The summed E-state index contributed by atoms with van der Waals surface area (Å²) in [7, 11) is 0. The van der Waals surface area contributed by atoms with Gasteiger partial charge in [0.2, 0.25) is 0 Å². The van der Waals surface area contributed by atoms with Crippen molar-refractivity contribution in [2.45, 2.75) is 30.3 Å². The van der Waals surface area contributed by atoms with Crippen molar-refractivity contribution in [1.29, 1.82) is 0 Å². The molecule has 5 nitrogen and oxygen atoms in total. The summed E-state index contributed by atoms with van der Waals surface area (Å²) in [5.41, 5.74) is 2.81. The van der Waals surface area contributed by atoms with Gasteiger partial charge in [0, 0.05) is 6.20 Å². The number of aryl methyl sites for hydroxylation is 1. The maximum atomic E-state index is 12.2. The summed E-state index contributed by atoms with van der Waals surface area (Å²) in [6.07, 6.45) is 6.43. The van der Waals surface area contributed by atoms with Gasteiger partial charge in [-0.05, 0) is 48.8 Å². The Morgan fingerprint density at radius 2 is 2.12 bits per heavy atom. The smallest absolute Gasteiger partial charge is 0.341 e. The van der Waals surface area contributed by atoms with E-state index >= 15 is 0 Å². The number of esters is 1. The van der Waals surface area contributed by atoms with Crippen LogP contribution in [0, 0.1) is 0 Å². The molecular formula is C19H20N2O3S. The Hall–Kier alpha value is -2.34. The Labute approximate surface area is 151 Å². The van der Waals surface area contributed by atoms with Gasteiger partial charge < -0.3 is 10.1 Å². The summed E-state index contributed by atoms with van der Waals surface area (Å²) in [4.78, 5) is 28.5. The number of aromatic nitrogens is 1. The number of pyridine rings is 1. The monoisotopic (exact) mass is 356 g/mol. The van der Waals surface area contributed by atoms with Crippen LogP contribution in [0.15, 0.2) is 47.6 Å². The van der Waals surface area contributed by atoms with Crippen LogP contribution in [0.1, 0.15) is 40.4 Å². The van der Waals surface area contributed by atoms with Gasteiger partial charge >= 0.3 is 5.97 Å². The largest absolute Gasteiger partial charge is 0.452 e. The topological polar surface area (TPSA) is 68.3 Å². The third-order valence-electron chi connectivity index (χ3n) is 4.22. The SMILES string of the molecule is CSc1ncccc1C(=O)OCC(=O)N[C@@H]1CCCc2ccccc21. The quantitative estimate of drug-likeness (QED) is 0.658. The molecule has 0 unspecified atom stereocenters. The highest BCUT2D eigenvalue weighted by molar-refractivity contribution is 7.98. The van der Waals surface area contributed by atoms with Gasteiger partial charge in [-0.25, -0.2) is 9.78 Å². The molecule has 130 valence electrons. The molecule has 25 heavy (non-hydrogen) atoms. The molecule has 0 fully saturated rings. The molecule has 1 aromatic heterocycles. The molecule has 1 amide bonds. The summed E-state index contributed by atoms with van der Waals surface area (Å²) < 4.78 is 5.16. The van der Waals surface area contributed by atoms with E-state index in [2.05, 4.69) is 16.4 Å². The van der Waals surface area contributed by atoms with Crippen molar-refractivity contribution in [3.05, 3.63) is 59.3 Å². The first-order valence-corrected chi connectivity index (χ1v) is 9.45. The summed E-state index contributed by atoms with van der Waals surface area (Å²) in [6.45, 7) is -0.291. The Kier molecular flexibility index (Phi) is 5.71. The lowest BCUT2D eigenvalue weighted by molar-refractivity contribution is -0.125. The highest BCUT2D eigenvalue weighted by Gasteiger charge is 2.22. The number of nitrogens with one attached hydrogen (secondary N) is 1. The second kappa shape index (κ2) is 8.16. The Bertz CT molecular complexity index is 779.